The first-order chi connectivity index (χ1) is 21.6. The molecule has 1 N–H and O–H groups in total. The highest BCUT2D eigenvalue weighted by Crippen LogP contribution is 2.37. The van der Waals surface area contributed by atoms with Crippen molar-refractivity contribution >= 4 is 16.9 Å². The molecule has 13 heteroatoms. The molecule has 238 valence electrons. The van der Waals surface area contributed by atoms with E-state index in [2.05, 4.69) is 26.8 Å². The Balaban J connectivity index is 1.19. The first-order valence-electron chi connectivity index (χ1n) is 14.9. The summed E-state index contributed by atoms with van der Waals surface area (Å²) in [6.07, 6.45) is -3.10. The minimum atomic E-state index is -4.60. The summed E-state index contributed by atoms with van der Waals surface area (Å²) < 4.78 is 76.7. The number of benzene rings is 1. The summed E-state index contributed by atoms with van der Waals surface area (Å²) in [6, 6.07) is 9.01. The monoisotopic (exact) mass is 628 g/mol. The lowest BCUT2D eigenvalue weighted by molar-refractivity contribution is -0.139. The highest BCUT2D eigenvalue weighted by Gasteiger charge is 2.37. The molecule has 0 bridgehead atoms. The Kier molecular flexibility index (Phi) is 8.74. The molecule has 45 heavy (non-hydrogen) atoms. The number of likely N-dealkylation sites (N-methyl/N-ethyl adjacent to an activating group) is 1. The molecule has 2 aliphatic rings. The Morgan fingerprint density at radius 2 is 1.84 bits per heavy atom. The van der Waals surface area contributed by atoms with Crippen molar-refractivity contribution in [1.82, 2.24) is 29.7 Å². The number of alkyl halides is 5. The summed E-state index contributed by atoms with van der Waals surface area (Å²) >= 11 is 0. The zero-order valence-electron chi connectivity index (χ0n) is 24.7. The minimum absolute atomic E-state index is 0.0224. The van der Waals surface area contributed by atoms with Gasteiger partial charge in [0.15, 0.2) is 0 Å². The molecule has 6 rings (SSSR count). The van der Waals surface area contributed by atoms with Crippen LogP contribution < -0.4 is 4.74 Å². The molecule has 0 saturated carbocycles. The number of rotatable bonds is 8. The van der Waals surface area contributed by atoms with Gasteiger partial charge in [0.1, 0.15) is 17.1 Å². The number of nitrogens with one attached hydrogen (secondary N) is 1. The normalized spacial score (nSPS) is 18.0. The fourth-order valence-electron chi connectivity index (χ4n) is 6.08. The first kappa shape index (κ1) is 30.9. The molecule has 2 aliphatic heterocycles. The van der Waals surface area contributed by atoms with E-state index in [1.165, 1.54) is 23.2 Å². The number of piperazine rings is 1. The number of halogens is 5. The van der Waals surface area contributed by atoms with Crippen LogP contribution in [0.5, 0.6) is 11.5 Å². The third-order valence-electron chi connectivity index (χ3n) is 8.55. The van der Waals surface area contributed by atoms with Gasteiger partial charge in [-0.15, -0.1) is 0 Å². The molecular formula is C32H33F5N6O2. The third-order valence-corrected chi connectivity index (χ3v) is 8.55. The number of hydrogen-bond acceptors (Lipinski definition) is 6. The van der Waals surface area contributed by atoms with Crippen molar-refractivity contribution in [2.24, 2.45) is 0 Å². The molecule has 1 fully saturated rings. The van der Waals surface area contributed by atoms with Crippen molar-refractivity contribution in [2.45, 2.75) is 45.0 Å². The van der Waals surface area contributed by atoms with Crippen molar-refractivity contribution in [3.8, 4) is 11.5 Å². The van der Waals surface area contributed by atoms with Crippen LogP contribution in [0.4, 0.5) is 22.0 Å². The van der Waals surface area contributed by atoms with Gasteiger partial charge in [0.25, 0.3) is 0 Å². The number of carbonyl (C=O) groups is 1. The number of nitrogens with zero attached hydrogens (tertiary/aromatic N) is 5. The average Bonchev–Trinajstić information content (AvgIpc) is 3.51. The second-order valence-electron chi connectivity index (χ2n) is 11.5. The first-order valence-corrected chi connectivity index (χ1v) is 14.9. The predicted octanol–water partition coefficient (Wildman–Crippen LogP) is 5.84. The molecule has 0 aliphatic carbocycles. The van der Waals surface area contributed by atoms with Crippen LogP contribution in [0.2, 0.25) is 0 Å². The maximum absolute atomic E-state index is 14.2. The van der Waals surface area contributed by atoms with E-state index in [9.17, 15) is 26.7 Å². The average molecular weight is 629 g/mol. The number of hydrogen-bond donors (Lipinski definition) is 1. The van der Waals surface area contributed by atoms with E-state index in [1.807, 2.05) is 4.90 Å². The molecule has 1 atom stereocenters. The highest BCUT2D eigenvalue weighted by molar-refractivity contribution is 5.82. The lowest BCUT2D eigenvalue weighted by atomic mass is 9.94. The zero-order chi connectivity index (χ0) is 31.7. The summed E-state index contributed by atoms with van der Waals surface area (Å²) in [7, 11) is 0. The van der Waals surface area contributed by atoms with Gasteiger partial charge in [-0.2, -0.15) is 13.2 Å². The standard InChI is InChI=1S/C32H33F5N6O2/c1-2-41-9-11-42(12-10-41)17-21-4-3-20(13-26(21)32(35,36)37)14-28(44)43-18-22-15-23(16-40-29(22)25(19-43)30(33)34)45-27-6-8-39-31-24(27)5-7-38-31/h3-8,13,15-16,25,30H,2,9-12,14,17-19H2,1H3,(H,38,39). The molecule has 4 aromatic rings. The van der Waals surface area contributed by atoms with E-state index in [4.69, 9.17) is 4.74 Å². The van der Waals surface area contributed by atoms with Crippen molar-refractivity contribution in [1.29, 1.82) is 0 Å². The molecule has 1 unspecified atom stereocenters. The largest absolute Gasteiger partial charge is 0.455 e. The Morgan fingerprint density at radius 1 is 1.07 bits per heavy atom. The van der Waals surface area contributed by atoms with Gasteiger partial charge in [0.2, 0.25) is 12.3 Å². The number of H-pyrrole nitrogens is 1. The Hall–Kier alpha value is -4.10. The summed E-state index contributed by atoms with van der Waals surface area (Å²) in [5.74, 6) is -1.10. The molecule has 1 saturated heterocycles. The molecule has 8 nitrogen and oxygen atoms in total. The number of ether oxygens (including phenoxy) is 1. The Morgan fingerprint density at radius 3 is 2.58 bits per heavy atom. The van der Waals surface area contributed by atoms with E-state index in [1.54, 1.807) is 30.6 Å². The van der Waals surface area contributed by atoms with Gasteiger partial charge < -0.3 is 19.5 Å². The maximum Gasteiger partial charge on any atom is 0.416 e. The quantitative estimate of drug-likeness (QED) is 0.247. The molecule has 1 amide bonds. The number of amides is 1. The second-order valence-corrected chi connectivity index (χ2v) is 11.5. The SMILES string of the molecule is CCN1CCN(Cc2ccc(CC(=O)N3Cc4cc(Oc5ccnc6[nH]ccc56)cnc4C(C(F)F)C3)cc2C(F)(F)F)CC1. The van der Waals surface area contributed by atoms with E-state index in [0.717, 1.165) is 31.1 Å². The fraction of sp³-hybridized carbons (Fsp3) is 0.406. The van der Waals surface area contributed by atoms with E-state index >= 15 is 0 Å². The molecular weight excluding hydrogens is 595 g/mol. The molecule has 0 radical (unpaired) electrons. The van der Waals surface area contributed by atoms with E-state index in [0.29, 0.717) is 35.8 Å². The molecule has 1 aromatic carbocycles. The second kappa shape index (κ2) is 12.7. The number of pyridine rings is 2. The van der Waals surface area contributed by atoms with Gasteiger partial charge in [-0.1, -0.05) is 19.1 Å². The number of aromatic nitrogens is 3. The topological polar surface area (TPSA) is 77.6 Å². The van der Waals surface area contributed by atoms with Crippen LogP contribution in [-0.2, 0) is 30.5 Å². The van der Waals surface area contributed by atoms with Crippen molar-refractivity contribution in [2.75, 3.05) is 39.3 Å². The lowest BCUT2D eigenvalue weighted by Gasteiger charge is -2.34. The van der Waals surface area contributed by atoms with Crippen LogP contribution in [0.3, 0.4) is 0 Å². The van der Waals surface area contributed by atoms with Crippen molar-refractivity contribution in [3.63, 3.8) is 0 Å². The molecule has 5 heterocycles. The van der Waals surface area contributed by atoms with E-state index in [-0.39, 0.29) is 42.9 Å². The zero-order valence-corrected chi connectivity index (χ0v) is 24.7. The number of fused-ring (bicyclic) bond motifs is 2. The Labute approximate surface area is 256 Å². The fourth-order valence-corrected chi connectivity index (χ4v) is 6.08. The van der Waals surface area contributed by atoms with Crippen LogP contribution in [0.1, 0.15) is 40.8 Å². The lowest BCUT2D eigenvalue weighted by Crippen LogP contribution is -2.45. The summed E-state index contributed by atoms with van der Waals surface area (Å²) in [6.45, 7) is 5.75. The predicted molar refractivity (Wildman–Crippen MR) is 157 cm³/mol. The van der Waals surface area contributed by atoms with Gasteiger partial charge in [0.05, 0.1) is 35.2 Å². The molecule has 3 aromatic heterocycles. The van der Waals surface area contributed by atoms with Gasteiger partial charge in [-0.25, -0.2) is 13.8 Å². The van der Waals surface area contributed by atoms with Crippen LogP contribution in [0.25, 0.3) is 11.0 Å². The van der Waals surface area contributed by atoms with Crippen LogP contribution in [0, 0.1) is 0 Å². The van der Waals surface area contributed by atoms with Crippen LogP contribution >= 0.6 is 0 Å². The summed E-state index contributed by atoms with van der Waals surface area (Å²) in [5.41, 5.74) is 0.730. The van der Waals surface area contributed by atoms with Crippen LogP contribution in [-0.4, -0.2) is 81.3 Å². The van der Waals surface area contributed by atoms with Gasteiger partial charge >= 0.3 is 6.18 Å². The van der Waals surface area contributed by atoms with E-state index < -0.39 is 30.0 Å². The van der Waals surface area contributed by atoms with Crippen molar-refractivity contribution in [3.05, 3.63) is 82.9 Å². The van der Waals surface area contributed by atoms with Gasteiger partial charge in [0, 0.05) is 58.2 Å². The summed E-state index contributed by atoms with van der Waals surface area (Å²) in [5, 5.41) is 0.723. The third kappa shape index (κ3) is 6.79. The van der Waals surface area contributed by atoms with Gasteiger partial charge in [-0.3, -0.25) is 14.7 Å². The Bertz CT molecular complexity index is 1670. The van der Waals surface area contributed by atoms with Crippen LogP contribution in [0.15, 0.2) is 55.0 Å². The number of aromatic amines is 1. The summed E-state index contributed by atoms with van der Waals surface area (Å²) in [4.78, 5) is 30.4. The smallest absolute Gasteiger partial charge is 0.416 e. The van der Waals surface area contributed by atoms with Gasteiger partial charge in [-0.05, 0) is 47.5 Å². The highest BCUT2D eigenvalue weighted by atomic mass is 19.4. The minimum Gasteiger partial charge on any atom is -0.455 e. The van der Waals surface area contributed by atoms with Crippen molar-refractivity contribution < 1.29 is 31.5 Å². The number of carbonyl (C=O) groups excluding carboxylic acids is 1. The molecule has 0 spiro atoms. The maximum atomic E-state index is 14.2.